The van der Waals surface area contributed by atoms with Crippen molar-refractivity contribution >= 4 is 11.6 Å². The molecule has 1 atom stereocenters. The molecule has 1 fully saturated rings. The van der Waals surface area contributed by atoms with Crippen LogP contribution in [0, 0.1) is 5.82 Å². The Morgan fingerprint density at radius 2 is 2.30 bits per heavy atom. The average Bonchev–Trinajstić information content (AvgIpc) is 3.10. The number of amides is 1. The summed E-state index contributed by atoms with van der Waals surface area (Å²) in [5.74, 6) is -0.553. The van der Waals surface area contributed by atoms with E-state index in [0.717, 1.165) is 12.8 Å². The van der Waals surface area contributed by atoms with E-state index in [9.17, 15) is 9.18 Å². The summed E-state index contributed by atoms with van der Waals surface area (Å²) < 4.78 is 20.3. The van der Waals surface area contributed by atoms with Crippen LogP contribution in [0.4, 0.5) is 10.1 Å². The lowest BCUT2D eigenvalue weighted by atomic mass is 10.2. The number of carbonyl (C=O) groups is 1. The Bertz CT molecular complexity index is 620. The van der Waals surface area contributed by atoms with Crippen molar-refractivity contribution in [1.29, 1.82) is 0 Å². The topological polar surface area (TPSA) is 56.2 Å². The van der Waals surface area contributed by atoms with Gasteiger partial charge in [-0.2, -0.15) is 5.10 Å². The first-order valence-corrected chi connectivity index (χ1v) is 6.46. The molecular weight excluding hydrogens is 261 g/mol. The van der Waals surface area contributed by atoms with Gasteiger partial charge in [0, 0.05) is 6.61 Å². The standard InChI is InChI=1S/C14H14FN3O2/c15-11-4-1-2-5-12(11)18-9-10(8-16-18)17-14(19)13-6-3-7-20-13/h1-2,4-5,8-9,13H,3,6-7H2,(H,17,19). The van der Waals surface area contributed by atoms with E-state index in [2.05, 4.69) is 10.4 Å². The van der Waals surface area contributed by atoms with Crippen LogP contribution in [-0.4, -0.2) is 28.4 Å². The fraction of sp³-hybridized carbons (Fsp3) is 0.286. The smallest absolute Gasteiger partial charge is 0.253 e. The average molecular weight is 275 g/mol. The highest BCUT2D eigenvalue weighted by Gasteiger charge is 2.23. The molecule has 1 saturated heterocycles. The highest BCUT2D eigenvalue weighted by Crippen LogP contribution is 2.17. The molecule has 1 unspecified atom stereocenters. The third kappa shape index (κ3) is 2.55. The number of anilines is 1. The Morgan fingerprint density at radius 1 is 1.45 bits per heavy atom. The van der Waals surface area contributed by atoms with Crippen LogP contribution < -0.4 is 5.32 Å². The third-order valence-electron chi connectivity index (χ3n) is 3.17. The Hall–Kier alpha value is -2.21. The van der Waals surface area contributed by atoms with Crippen LogP contribution in [0.25, 0.3) is 5.69 Å². The van der Waals surface area contributed by atoms with Crippen LogP contribution >= 0.6 is 0 Å². The number of nitrogens with one attached hydrogen (secondary N) is 1. The quantitative estimate of drug-likeness (QED) is 0.933. The van der Waals surface area contributed by atoms with Gasteiger partial charge in [-0.25, -0.2) is 9.07 Å². The van der Waals surface area contributed by atoms with Crippen molar-refractivity contribution in [2.75, 3.05) is 11.9 Å². The predicted molar refractivity (Wildman–Crippen MR) is 71.1 cm³/mol. The van der Waals surface area contributed by atoms with Gasteiger partial charge in [0.15, 0.2) is 0 Å². The van der Waals surface area contributed by atoms with Crippen LogP contribution in [0.1, 0.15) is 12.8 Å². The molecule has 1 aliphatic rings. The van der Waals surface area contributed by atoms with E-state index in [0.29, 0.717) is 18.0 Å². The van der Waals surface area contributed by atoms with E-state index in [1.165, 1.54) is 16.9 Å². The van der Waals surface area contributed by atoms with Crippen molar-refractivity contribution in [3.8, 4) is 5.69 Å². The molecule has 0 aliphatic carbocycles. The molecule has 2 heterocycles. The predicted octanol–water partition coefficient (Wildman–Crippen LogP) is 2.13. The second-order valence-electron chi connectivity index (χ2n) is 4.62. The number of nitrogens with zero attached hydrogens (tertiary/aromatic N) is 2. The lowest BCUT2D eigenvalue weighted by Crippen LogP contribution is -2.26. The summed E-state index contributed by atoms with van der Waals surface area (Å²) in [6, 6.07) is 6.32. The number of benzene rings is 1. The molecule has 1 aliphatic heterocycles. The number of rotatable bonds is 3. The Kier molecular flexibility index (Phi) is 3.47. The van der Waals surface area contributed by atoms with E-state index in [4.69, 9.17) is 4.74 Å². The number of para-hydroxylation sites is 1. The maximum Gasteiger partial charge on any atom is 0.253 e. The lowest BCUT2D eigenvalue weighted by molar-refractivity contribution is -0.124. The monoisotopic (exact) mass is 275 g/mol. The summed E-state index contributed by atoms with van der Waals surface area (Å²) in [7, 11) is 0. The number of halogens is 1. The van der Waals surface area contributed by atoms with Crippen LogP contribution in [0.2, 0.25) is 0 Å². The van der Waals surface area contributed by atoms with Crippen LogP contribution in [0.3, 0.4) is 0 Å². The van der Waals surface area contributed by atoms with Gasteiger partial charge in [0.05, 0.1) is 18.1 Å². The maximum absolute atomic E-state index is 13.6. The first-order valence-electron chi connectivity index (χ1n) is 6.46. The number of aromatic nitrogens is 2. The van der Waals surface area contributed by atoms with Crippen LogP contribution in [0.15, 0.2) is 36.7 Å². The van der Waals surface area contributed by atoms with Gasteiger partial charge in [0.1, 0.15) is 17.6 Å². The summed E-state index contributed by atoms with van der Waals surface area (Å²) in [6.45, 7) is 0.618. The molecule has 1 aromatic heterocycles. The maximum atomic E-state index is 13.6. The molecule has 104 valence electrons. The zero-order valence-electron chi connectivity index (χ0n) is 10.8. The Labute approximate surface area is 115 Å². The van der Waals surface area contributed by atoms with Gasteiger partial charge in [0.25, 0.3) is 5.91 Å². The van der Waals surface area contributed by atoms with Gasteiger partial charge in [-0.1, -0.05) is 12.1 Å². The van der Waals surface area contributed by atoms with E-state index in [-0.39, 0.29) is 11.7 Å². The van der Waals surface area contributed by atoms with Gasteiger partial charge in [-0.05, 0) is 25.0 Å². The minimum atomic E-state index is -0.396. The normalized spacial score (nSPS) is 18.1. The van der Waals surface area contributed by atoms with Gasteiger partial charge < -0.3 is 10.1 Å². The van der Waals surface area contributed by atoms with E-state index in [1.54, 1.807) is 24.4 Å². The summed E-state index contributed by atoms with van der Waals surface area (Å²) >= 11 is 0. The first kappa shape index (κ1) is 12.8. The summed E-state index contributed by atoms with van der Waals surface area (Å²) in [5, 5.41) is 6.77. The fourth-order valence-corrected chi connectivity index (χ4v) is 2.16. The van der Waals surface area contributed by atoms with E-state index in [1.807, 2.05) is 0 Å². The Balaban J connectivity index is 1.74. The van der Waals surface area contributed by atoms with Crippen molar-refractivity contribution in [3.05, 3.63) is 42.5 Å². The molecule has 20 heavy (non-hydrogen) atoms. The van der Waals surface area contributed by atoms with Gasteiger partial charge in [0.2, 0.25) is 0 Å². The minimum Gasteiger partial charge on any atom is -0.368 e. The number of hydrogen-bond acceptors (Lipinski definition) is 3. The first-order chi connectivity index (χ1) is 9.74. The molecular formula is C14H14FN3O2. The zero-order valence-corrected chi connectivity index (χ0v) is 10.8. The molecule has 3 rings (SSSR count). The molecule has 1 amide bonds. The molecule has 6 heteroatoms. The number of hydrogen-bond donors (Lipinski definition) is 1. The largest absolute Gasteiger partial charge is 0.368 e. The lowest BCUT2D eigenvalue weighted by Gasteiger charge is -2.08. The Morgan fingerprint density at radius 3 is 3.05 bits per heavy atom. The third-order valence-corrected chi connectivity index (χ3v) is 3.17. The van der Waals surface area contributed by atoms with Crippen molar-refractivity contribution in [1.82, 2.24) is 9.78 Å². The van der Waals surface area contributed by atoms with Crippen molar-refractivity contribution in [2.24, 2.45) is 0 Å². The molecule has 0 saturated carbocycles. The second-order valence-corrected chi connectivity index (χ2v) is 4.62. The van der Waals surface area contributed by atoms with E-state index < -0.39 is 6.10 Å². The number of ether oxygens (including phenoxy) is 1. The van der Waals surface area contributed by atoms with Crippen molar-refractivity contribution in [3.63, 3.8) is 0 Å². The summed E-state index contributed by atoms with van der Waals surface area (Å²) in [5.41, 5.74) is 0.860. The fourth-order valence-electron chi connectivity index (χ4n) is 2.16. The SMILES string of the molecule is O=C(Nc1cnn(-c2ccccc2F)c1)C1CCCO1. The zero-order chi connectivity index (χ0) is 13.9. The number of carbonyl (C=O) groups excluding carboxylic acids is 1. The second kappa shape index (κ2) is 5.42. The van der Waals surface area contributed by atoms with E-state index >= 15 is 0 Å². The molecule has 1 N–H and O–H groups in total. The van der Waals surface area contributed by atoms with Gasteiger partial charge in [-0.3, -0.25) is 4.79 Å². The molecule has 5 nitrogen and oxygen atoms in total. The van der Waals surface area contributed by atoms with Gasteiger partial charge in [-0.15, -0.1) is 0 Å². The molecule has 0 spiro atoms. The highest BCUT2D eigenvalue weighted by molar-refractivity contribution is 5.94. The minimum absolute atomic E-state index is 0.185. The summed E-state index contributed by atoms with van der Waals surface area (Å²) in [6.07, 6.45) is 4.29. The highest BCUT2D eigenvalue weighted by atomic mass is 19.1. The van der Waals surface area contributed by atoms with Crippen LogP contribution in [0.5, 0.6) is 0 Å². The van der Waals surface area contributed by atoms with Crippen LogP contribution in [-0.2, 0) is 9.53 Å². The summed E-state index contributed by atoms with van der Waals surface area (Å²) in [4.78, 5) is 11.9. The van der Waals surface area contributed by atoms with Crippen molar-refractivity contribution in [2.45, 2.75) is 18.9 Å². The molecule has 0 bridgehead atoms. The molecule has 1 aromatic carbocycles. The molecule has 2 aromatic rings. The van der Waals surface area contributed by atoms with Gasteiger partial charge >= 0.3 is 0 Å². The molecule has 0 radical (unpaired) electrons. The van der Waals surface area contributed by atoms with Crippen molar-refractivity contribution < 1.29 is 13.9 Å².